The lowest BCUT2D eigenvalue weighted by Gasteiger charge is -2.50. The average Bonchev–Trinajstić information content (AvgIpc) is 1.98. The molecule has 0 aromatic heterocycles. The van der Waals surface area contributed by atoms with E-state index in [0.717, 1.165) is 12.8 Å². The Morgan fingerprint density at radius 1 is 1.45 bits per heavy atom. The molecule has 0 saturated carbocycles. The Kier molecular flexibility index (Phi) is 2.23. The first kappa shape index (κ1) is 8.97. The van der Waals surface area contributed by atoms with E-state index in [-0.39, 0.29) is 0 Å². The summed E-state index contributed by atoms with van der Waals surface area (Å²) in [5.74, 6) is 0. The van der Waals surface area contributed by atoms with Crippen molar-refractivity contribution < 1.29 is 5.11 Å². The number of nitrogens with two attached hydrogens (primary N) is 1. The number of rotatable bonds is 3. The zero-order valence-corrected chi connectivity index (χ0v) is 7.35. The van der Waals surface area contributed by atoms with Gasteiger partial charge in [-0.2, -0.15) is 0 Å². The normalized spacial score (nSPS) is 22.9. The maximum Gasteiger partial charge on any atom is 0.107 e. The van der Waals surface area contributed by atoms with Gasteiger partial charge in [-0.05, 0) is 12.8 Å². The third-order valence-electron chi connectivity index (χ3n) is 3.02. The summed E-state index contributed by atoms with van der Waals surface area (Å²) in [4.78, 5) is 0. The van der Waals surface area contributed by atoms with Crippen LogP contribution >= 0.6 is 0 Å². The van der Waals surface area contributed by atoms with E-state index in [9.17, 15) is 5.11 Å². The lowest BCUT2D eigenvalue weighted by atomic mass is 9.73. The minimum atomic E-state index is -0.656. The van der Waals surface area contributed by atoms with Gasteiger partial charge in [0.15, 0.2) is 0 Å². The maximum absolute atomic E-state index is 9.94. The van der Waals surface area contributed by atoms with Crippen molar-refractivity contribution in [3.8, 4) is 0 Å². The molecular formula is C8H18N2O. The first-order valence-corrected chi connectivity index (χ1v) is 4.30. The fourth-order valence-electron chi connectivity index (χ4n) is 1.62. The van der Waals surface area contributed by atoms with Gasteiger partial charge in [-0.25, -0.2) is 0 Å². The molecule has 0 aliphatic carbocycles. The lowest BCUT2D eigenvalue weighted by molar-refractivity contribution is -0.0794. The number of aliphatic hydroxyl groups is 1. The van der Waals surface area contributed by atoms with Crippen LogP contribution in [0.4, 0.5) is 0 Å². The van der Waals surface area contributed by atoms with Gasteiger partial charge in [0.2, 0.25) is 0 Å². The van der Waals surface area contributed by atoms with E-state index in [1.165, 1.54) is 0 Å². The van der Waals surface area contributed by atoms with Crippen molar-refractivity contribution in [2.75, 3.05) is 13.1 Å². The fourth-order valence-corrected chi connectivity index (χ4v) is 1.62. The molecule has 1 fully saturated rings. The summed E-state index contributed by atoms with van der Waals surface area (Å²) in [7, 11) is 0. The zero-order chi connectivity index (χ0) is 8.54. The lowest BCUT2D eigenvalue weighted by Crippen LogP contribution is -2.74. The van der Waals surface area contributed by atoms with Crippen LogP contribution in [0.2, 0.25) is 0 Å². The van der Waals surface area contributed by atoms with Crippen LogP contribution in [-0.2, 0) is 0 Å². The SMILES string of the molecule is CCC(N)(CC)C1(O)CNC1. The van der Waals surface area contributed by atoms with E-state index in [4.69, 9.17) is 5.73 Å². The topological polar surface area (TPSA) is 58.3 Å². The van der Waals surface area contributed by atoms with Crippen molar-refractivity contribution in [2.24, 2.45) is 5.73 Å². The van der Waals surface area contributed by atoms with E-state index >= 15 is 0 Å². The molecule has 0 aromatic rings. The van der Waals surface area contributed by atoms with Crippen LogP contribution in [0.15, 0.2) is 0 Å². The van der Waals surface area contributed by atoms with Gasteiger partial charge >= 0.3 is 0 Å². The molecule has 0 unspecified atom stereocenters. The summed E-state index contributed by atoms with van der Waals surface area (Å²) < 4.78 is 0. The second-order valence-corrected chi connectivity index (χ2v) is 3.50. The van der Waals surface area contributed by atoms with Gasteiger partial charge in [-0.1, -0.05) is 13.8 Å². The van der Waals surface area contributed by atoms with Crippen LogP contribution in [0, 0.1) is 0 Å². The first-order chi connectivity index (χ1) is 5.08. The molecule has 1 heterocycles. The van der Waals surface area contributed by atoms with Crippen LogP contribution in [0.5, 0.6) is 0 Å². The van der Waals surface area contributed by atoms with Gasteiger partial charge in [0.25, 0.3) is 0 Å². The molecule has 11 heavy (non-hydrogen) atoms. The highest BCUT2D eigenvalue weighted by molar-refractivity contribution is 5.09. The van der Waals surface area contributed by atoms with Gasteiger partial charge in [0.05, 0.1) is 0 Å². The largest absolute Gasteiger partial charge is 0.385 e. The molecule has 3 nitrogen and oxygen atoms in total. The summed E-state index contributed by atoms with van der Waals surface area (Å²) >= 11 is 0. The van der Waals surface area contributed by atoms with Crippen LogP contribution < -0.4 is 11.1 Å². The van der Waals surface area contributed by atoms with Gasteiger partial charge in [-0.15, -0.1) is 0 Å². The molecule has 0 aromatic carbocycles. The van der Waals surface area contributed by atoms with Crippen molar-refractivity contribution in [1.29, 1.82) is 0 Å². The Hall–Kier alpha value is -0.120. The van der Waals surface area contributed by atoms with Gasteiger partial charge in [0.1, 0.15) is 5.60 Å². The number of nitrogens with one attached hydrogen (secondary N) is 1. The molecule has 1 aliphatic rings. The highest BCUT2D eigenvalue weighted by Gasteiger charge is 2.49. The fraction of sp³-hybridized carbons (Fsp3) is 1.00. The molecule has 0 spiro atoms. The molecule has 3 heteroatoms. The molecule has 4 N–H and O–H groups in total. The Morgan fingerprint density at radius 3 is 2.00 bits per heavy atom. The van der Waals surface area contributed by atoms with Crippen molar-refractivity contribution in [3.63, 3.8) is 0 Å². The second-order valence-electron chi connectivity index (χ2n) is 3.50. The van der Waals surface area contributed by atoms with Gasteiger partial charge in [0, 0.05) is 18.6 Å². The third kappa shape index (κ3) is 1.17. The molecule has 0 atom stereocenters. The van der Waals surface area contributed by atoms with E-state index in [1.54, 1.807) is 0 Å². The molecular weight excluding hydrogens is 140 g/mol. The maximum atomic E-state index is 9.94. The Morgan fingerprint density at radius 2 is 1.91 bits per heavy atom. The zero-order valence-electron chi connectivity index (χ0n) is 7.35. The predicted molar refractivity (Wildman–Crippen MR) is 45.3 cm³/mol. The molecule has 1 aliphatic heterocycles. The molecule has 0 amide bonds. The summed E-state index contributed by atoms with van der Waals surface area (Å²) in [6.07, 6.45) is 1.67. The predicted octanol–water partition coefficient (Wildman–Crippen LogP) is -0.162. The van der Waals surface area contributed by atoms with E-state index in [1.807, 2.05) is 13.8 Å². The average molecular weight is 158 g/mol. The van der Waals surface area contributed by atoms with Crippen LogP contribution in [0.25, 0.3) is 0 Å². The Balaban J connectivity index is 2.67. The Labute approximate surface area is 68.0 Å². The van der Waals surface area contributed by atoms with Gasteiger partial charge in [-0.3, -0.25) is 0 Å². The first-order valence-electron chi connectivity index (χ1n) is 4.30. The quantitative estimate of drug-likeness (QED) is 0.535. The van der Waals surface area contributed by atoms with Crippen molar-refractivity contribution in [2.45, 2.75) is 37.8 Å². The molecule has 66 valence electrons. The summed E-state index contributed by atoms with van der Waals surface area (Å²) in [5.41, 5.74) is 5.00. The number of hydrogen-bond donors (Lipinski definition) is 3. The monoisotopic (exact) mass is 158 g/mol. The summed E-state index contributed by atoms with van der Waals surface area (Å²) in [6, 6.07) is 0. The highest BCUT2D eigenvalue weighted by Crippen LogP contribution is 2.29. The molecule has 1 saturated heterocycles. The molecule has 0 bridgehead atoms. The Bertz CT molecular complexity index is 139. The van der Waals surface area contributed by atoms with E-state index in [2.05, 4.69) is 5.32 Å². The number of β-amino-alcohol motifs (C(OH)–C–C–N with tert-alkyl or cyclic N) is 1. The standard InChI is InChI=1S/C8H18N2O/c1-3-7(9,4-2)8(11)5-10-6-8/h10-11H,3-6,9H2,1-2H3. The van der Waals surface area contributed by atoms with E-state index < -0.39 is 11.1 Å². The van der Waals surface area contributed by atoms with Gasteiger partial charge < -0.3 is 16.2 Å². The van der Waals surface area contributed by atoms with Crippen molar-refractivity contribution in [1.82, 2.24) is 5.32 Å². The van der Waals surface area contributed by atoms with Crippen molar-refractivity contribution in [3.05, 3.63) is 0 Å². The van der Waals surface area contributed by atoms with Crippen LogP contribution in [0.3, 0.4) is 0 Å². The molecule has 1 rings (SSSR count). The molecule has 0 radical (unpaired) electrons. The minimum absolute atomic E-state index is 0.391. The summed E-state index contributed by atoms with van der Waals surface area (Å²) in [6.45, 7) is 5.34. The third-order valence-corrected chi connectivity index (χ3v) is 3.02. The van der Waals surface area contributed by atoms with E-state index in [0.29, 0.717) is 13.1 Å². The summed E-state index contributed by atoms with van der Waals surface area (Å²) in [5, 5.41) is 13.0. The minimum Gasteiger partial charge on any atom is -0.385 e. The van der Waals surface area contributed by atoms with Crippen LogP contribution in [0.1, 0.15) is 26.7 Å². The second kappa shape index (κ2) is 2.73. The highest BCUT2D eigenvalue weighted by atomic mass is 16.3. The van der Waals surface area contributed by atoms with Crippen molar-refractivity contribution >= 4 is 0 Å². The smallest absolute Gasteiger partial charge is 0.107 e. The van der Waals surface area contributed by atoms with Crippen LogP contribution in [-0.4, -0.2) is 29.3 Å². The number of hydrogen-bond acceptors (Lipinski definition) is 3.